The lowest BCUT2D eigenvalue weighted by molar-refractivity contribution is -0.126. The summed E-state index contributed by atoms with van der Waals surface area (Å²) < 4.78 is 25.2. The number of benzene rings is 1. The number of hydrogen-bond donors (Lipinski definition) is 2. The maximum atomic E-state index is 11.7. The molecule has 88 valence electrons. The van der Waals surface area contributed by atoms with Crippen molar-refractivity contribution in [3.8, 4) is 0 Å². The first-order chi connectivity index (χ1) is 7.34. The molecule has 0 bridgehead atoms. The zero-order chi connectivity index (χ0) is 12.3. The van der Waals surface area contributed by atoms with Gasteiger partial charge in [-0.3, -0.25) is 4.79 Å². The van der Waals surface area contributed by atoms with Crippen LogP contribution in [-0.2, 0) is 14.8 Å². The molecule has 0 fully saturated rings. The van der Waals surface area contributed by atoms with Gasteiger partial charge < -0.3 is 5.11 Å². The zero-order valence-corrected chi connectivity index (χ0v) is 9.78. The Labute approximate surface area is 94.2 Å². The van der Waals surface area contributed by atoms with E-state index in [4.69, 9.17) is 5.11 Å². The van der Waals surface area contributed by atoms with Gasteiger partial charge in [-0.2, -0.15) is 0 Å². The van der Waals surface area contributed by atoms with Gasteiger partial charge in [0.05, 0.1) is 4.90 Å². The molecule has 1 aromatic carbocycles. The highest BCUT2D eigenvalue weighted by molar-refractivity contribution is 7.90. The quantitative estimate of drug-likeness (QED) is 0.793. The lowest BCUT2D eigenvalue weighted by Gasteiger charge is -2.10. The van der Waals surface area contributed by atoms with Crippen molar-refractivity contribution in [1.82, 2.24) is 4.72 Å². The first-order valence-electron chi connectivity index (χ1n) is 4.65. The second-order valence-electron chi connectivity index (χ2n) is 3.41. The van der Waals surface area contributed by atoms with Crippen LogP contribution in [0, 0.1) is 6.92 Å². The monoisotopic (exact) mass is 243 g/mol. The number of amides is 1. The minimum Gasteiger partial charge on any atom is -0.384 e. The SMILES string of the molecule is Cc1ccccc1S(=O)(=O)NC(=O)[C@@H](C)O. The fourth-order valence-corrected chi connectivity index (χ4v) is 2.43. The number of nitrogens with one attached hydrogen (secondary N) is 1. The molecule has 0 unspecified atom stereocenters. The van der Waals surface area contributed by atoms with E-state index in [0.29, 0.717) is 5.56 Å². The van der Waals surface area contributed by atoms with Crippen LogP contribution >= 0.6 is 0 Å². The fourth-order valence-electron chi connectivity index (χ4n) is 1.13. The van der Waals surface area contributed by atoms with Gasteiger partial charge in [-0.25, -0.2) is 13.1 Å². The molecule has 1 rings (SSSR count). The molecule has 0 aliphatic rings. The molecule has 1 amide bonds. The highest BCUT2D eigenvalue weighted by atomic mass is 32.2. The molecule has 0 aliphatic carbocycles. The fraction of sp³-hybridized carbons (Fsp3) is 0.300. The van der Waals surface area contributed by atoms with E-state index in [1.807, 2.05) is 0 Å². The van der Waals surface area contributed by atoms with Crippen molar-refractivity contribution >= 4 is 15.9 Å². The first kappa shape index (κ1) is 12.7. The molecule has 1 atom stereocenters. The van der Waals surface area contributed by atoms with Crippen LogP contribution < -0.4 is 4.72 Å². The smallest absolute Gasteiger partial charge is 0.264 e. The molecule has 0 saturated heterocycles. The van der Waals surface area contributed by atoms with Crippen molar-refractivity contribution in [3.05, 3.63) is 29.8 Å². The highest BCUT2D eigenvalue weighted by Gasteiger charge is 2.21. The molecule has 0 spiro atoms. The number of rotatable bonds is 3. The van der Waals surface area contributed by atoms with E-state index in [0.717, 1.165) is 0 Å². The number of aryl methyl sites for hydroxylation is 1. The summed E-state index contributed by atoms with van der Waals surface area (Å²) >= 11 is 0. The Bertz CT molecular complexity index is 493. The summed E-state index contributed by atoms with van der Waals surface area (Å²) in [6.07, 6.45) is -1.36. The third kappa shape index (κ3) is 2.80. The van der Waals surface area contributed by atoms with E-state index < -0.39 is 22.0 Å². The van der Waals surface area contributed by atoms with Crippen LogP contribution in [0.5, 0.6) is 0 Å². The summed E-state index contributed by atoms with van der Waals surface area (Å²) in [5.41, 5.74) is 0.536. The molecule has 1 aromatic rings. The summed E-state index contributed by atoms with van der Waals surface area (Å²) in [5.74, 6) is -0.941. The Hall–Kier alpha value is -1.40. The van der Waals surface area contributed by atoms with Crippen LogP contribution in [0.15, 0.2) is 29.2 Å². The Balaban J connectivity index is 3.05. The van der Waals surface area contributed by atoms with E-state index in [2.05, 4.69) is 0 Å². The average Bonchev–Trinajstić information content (AvgIpc) is 2.17. The summed E-state index contributed by atoms with van der Waals surface area (Å²) in [6, 6.07) is 6.29. The molecule has 0 heterocycles. The molecule has 0 aliphatic heterocycles. The third-order valence-corrected chi connectivity index (χ3v) is 3.50. The molecule has 6 heteroatoms. The van der Waals surface area contributed by atoms with Crippen LogP contribution in [-0.4, -0.2) is 25.5 Å². The molecular formula is C10H13NO4S. The van der Waals surface area contributed by atoms with Crippen LogP contribution in [0.3, 0.4) is 0 Å². The summed E-state index contributed by atoms with van der Waals surface area (Å²) in [6.45, 7) is 2.82. The maximum Gasteiger partial charge on any atom is 0.264 e. The van der Waals surface area contributed by atoms with Gasteiger partial charge in [-0.05, 0) is 25.5 Å². The molecule has 0 saturated carbocycles. The van der Waals surface area contributed by atoms with Crippen molar-refractivity contribution in [3.63, 3.8) is 0 Å². The number of carbonyl (C=O) groups is 1. The molecular weight excluding hydrogens is 230 g/mol. The molecule has 5 nitrogen and oxygen atoms in total. The second-order valence-corrected chi connectivity index (χ2v) is 5.06. The van der Waals surface area contributed by atoms with Crippen LogP contribution in [0.1, 0.15) is 12.5 Å². The second kappa shape index (κ2) is 4.63. The standard InChI is InChI=1S/C10H13NO4S/c1-7-5-3-4-6-9(7)16(14,15)11-10(13)8(2)12/h3-6,8,12H,1-2H3,(H,11,13)/t8-/m1/s1. The van der Waals surface area contributed by atoms with Crippen LogP contribution in [0.4, 0.5) is 0 Å². The minimum absolute atomic E-state index is 0.0315. The van der Waals surface area contributed by atoms with Gasteiger partial charge in [0.25, 0.3) is 15.9 Å². The number of aliphatic hydroxyl groups is 1. The minimum atomic E-state index is -3.89. The average molecular weight is 243 g/mol. The molecule has 0 aromatic heterocycles. The van der Waals surface area contributed by atoms with Gasteiger partial charge >= 0.3 is 0 Å². The molecule has 0 radical (unpaired) electrons. The lowest BCUT2D eigenvalue weighted by atomic mass is 10.2. The lowest BCUT2D eigenvalue weighted by Crippen LogP contribution is -2.37. The van der Waals surface area contributed by atoms with Crippen molar-refractivity contribution in [1.29, 1.82) is 0 Å². The van der Waals surface area contributed by atoms with Gasteiger partial charge in [0.2, 0.25) is 0 Å². The van der Waals surface area contributed by atoms with Crippen molar-refractivity contribution in [2.45, 2.75) is 24.8 Å². The van der Waals surface area contributed by atoms with Gasteiger partial charge in [0.1, 0.15) is 6.10 Å². The Morgan fingerprint density at radius 3 is 2.44 bits per heavy atom. The van der Waals surface area contributed by atoms with Crippen molar-refractivity contribution in [2.24, 2.45) is 0 Å². The van der Waals surface area contributed by atoms with Crippen molar-refractivity contribution in [2.75, 3.05) is 0 Å². The Morgan fingerprint density at radius 1 is 1.38 bits per heavy atom. The predicted octanol–water partition coefficient (Wildman–Crippen LogP) is 0.181. The number of carbonyl (C=O) groups excluding carboxylic acids is 1. The van der Waals surface area contributed by atoms with Crippen LogP contribution in [0.25, 0.3) is 0 Å². The maximum absolute atomic E-state index is 11.7. The van der Waals surface area contributed by atoms with E-state index in [-0.39, 0.29) is 4.90 Å². The van der Waals surface area contributed by atoms with Gasteiger partial charge in [-0.1, -0.05) is 18.2 Å². The number of hydrogen-bond acceptors (Lipinski definition) is 4. The van der Waals surface area contributed by atoms with Gasteiger partial charge in [0.15, 0.2) is 0 Å². The predicted molar refractivity (Wildman–Crippen MR) is 58.2 cm³/mol. The van der Waals surface area contributed by atoms with Gasteiger partial charge in [-0.15, -0.1) is 0 Å². The summed E-state index contributed by atoms with van der Waals surface area (Å²) in [5, 5.41) is 8.92. The van der Waals surface area contributed by atoms with E-state index in [1.165, 1.54) is 13.0 Å². The zero-order valence-electron chi connectivity index (χ0n) is 8.97. The van der Waals surface area contributed by atoms with E-state index >= 15 is 0 Å². The first-order valence-corrected chi connectivity index (χ1v) is 6.13. The topological polar surface area (TPSA) is 83.5 Å². The molecule has 16 heavy (non-hydrogen) atoms. The van der Waals surface area contributed by atoms with E-state index in [9.17, 15) is 13.2 Å². The number of sulfonamides is 1. The highest BCUT2D eigenvalue weighted by Crippen LogP contribution is 2.13. The van der Waals surface area contributed by atoms with E-state index in [1.54, 1.807) is 29.8 Å². The number of aliphatic hydroxyl groups excluding tert-OH is 1. The van der Waals surface area contributed by atoms with Gasteiger partial charge in [0, 0.05) is 0 Å². The summed E-state index contributed by atoms with van der Waals surface area (Å²) in [7, 11) is -3.89. The van der Waals surface area contributed by atoms with Crippen molar-refractivity contribution < 1.29 is 18.3 Å². The summed E-state index contributed by atoms with van der Waals surface area (Å²) in [4.78, 5) is 11.1. The third-order valence-electron chi connectivity index (χ3n) is 2.00. The molecule has 2 N–H and O–H groups in total. The largest absolute Gasteiger partial charge is 0.384 e. The Kier molecular flexibility index (Phi) is 3.66. The Morgan fingerprint density at radius 2 is 1.94 bits per heavy atom. The van der Waals surface area contributed by atoms with Crippen LogP contribution in [0.2, 0.25) is 0 Å². The normalized spacial score (nSPS) is 13.2.